The van der Waals surface area contributed by atoms with Crippen LogP contribution in [0.1, 0.15) is 13.8 Å². The largest absolute Gasteiger partial charge is 0.463 e. The topological polar surface area (TPSA) is 67.4 Å². The molecule has 0 fully saturated rings. The van der Waals surface area contributed by atoms with E-state index in [-0.39, 0.29) is 5.91 Å². The molecule has 1 atom stereocenters. The SMILES string of the molecule is CCOC(=O)C(NC)NC(C)=O. The molecular formula is C7H14N2O3. The Kier molecular flexibility index (Phi) is 5.03. The van der Waals surface area contributed by atoms with Crippen LogP contribution in [0.4, 0.5) is 0 Å². The summed E-state index contributed by atoms with van der Waals surface area (Å²) in [5.74, 6) is -0.752. The van der Waals surface area contributed by atoms with Crippen molar-refractivity contribution in [2.75, 3.05) is 13.7 Å². The maximum Gasteiger partial charge on any atom is 0.343 e. The molecule has 0 aromatic rings. The summed E-state index contributed by atoms with van der Waals surface area (Å²) in [5.41, 5.74) is 0. The summed E-state index contributed by atoms with van der Waals surface area (Å²) in [7, 11) is 1.57. The van der Waals surface area contributed by atoms with Crippen LogP contribution in [0.3, 0.4) is 0 Å². The summed E-state index contributed by atoms with van der Waals surface area (Å²) in [5, 5.41) is 5.00. The van der Waals surface area contributed by atoms with Gasteiger partial charge in [-0.25, -0.2) is 4.79 Å². The summed E-state index contributed by atoms with van der Waals surface area (Å²) in [6, 6.07) is 0. The number of hydrogen-bond donors (Lipinski definition) is 2. The molecule has 0 heterocycles. The van der Waals surface area contributed by atoms with Gasteiger partial charge in [-0.3, -0.25) is 10.1 Å². The average molecular weight is 174 g/mol. The van der Waals surface area contributed by atoms with E-state index in [1.807, 2.05) is 0 Å². The Morgan fingerprint density at radius 1 is 1.50 bits per heavy atom. The highest BCUT2D eigenvalue weighted by Gasteiger charge is 2.17. The Morgan fingerprint density at radius 2 is 2.08 bits per heavy atom. The van der Waals surface area contributed by atoms with Crippen molar-refractivity contribution in [3.63, 3.8) is 0 Å². The van der Waals surface area contributed by atoms with E-state index in [1.165, 1.54) is 6.92 Å². The fourth-order valence-electron chi connectivity index (χ4n) is 0.678. The van der Waals surface area contributed by atoms with Crippen molar-refractivity contribution in [2.45, 2.75) is 20.0 Å². The van der Waals surface area contributed by atoms with Gasteiger partial charge in [0.05, 0.1) is 6.61 Å². The third-order valence-corrected chi connectivity index (χ3v) is 1.16. The van der Waals surface area contributed by atoms with Crippen molar-refractivity contribution in [1.29, 1.82) is 0 Å². The fourth-order valence-corrected chi connectivity index (χ4v) is 0.678. The average Bonchev–Trinajstić information content (AvgIpc) is 2.00. The smallest absolute Gasteiger partial charge is 0.343 e. The Hall–Kier alpha value is -1.10. The predicted molar refractivity (Wildman–Crippen MR) is 43.3 cm³/mol. The van der Waals surface area contributed by atoms with Gasteiger partial charge in [0.1, 0.15) is 0 Å². The third kappa shape index (κ3) is 3.92. The monoisotopic (exact) mass is 174 g/mol. The van der Waals surface area contributed by atoms with Crippen molar-refractivity contribution >= 4 is 11.9 Å². The lowest BCUT2D eigenvalue weighted by molar-refractivity contribution is -0.148. The summed E-state index contributed by atoms with van der Waals surface area (Å²) in [6.07, 6.45) is -0.748. The van der Waals surface area contributed by atoms with Crippen molar-refractivity contribution in [3.8, 4) is 0 Å². The first-order valence-electron chi connectivity index (χ1n) is 3.72. The maximum atomic E-state index is 11.0. The normalized spacial score (nSPS) is 11.9. The molecule has 0 spiro atoms. The van der Waals surface area contributed by atoms with E-state index >= 15 is 0 Å². The van der Waals surface area contributed by atoms with Crippen LogP contribution in [0.2, 0.25) is 0 Å². The summed E-state index contributed by atoms with van der Waals surface area (Å²) in [6.45, 7) is 3.35. The van der Waals surface area contributed by atoms with Crippen molar-refractivity contribution < 1.29 is 14.3 Å². The molecule has 5 nitrogen and oxygen atoms in total. The lowest BCUT2D eigenvalue weighted by atomic mass is 10.4. The lowest BCUT2D eigenvalue weighted by Gasteiger charge is -2.14. The van der Waals surface area contributed by atoms with Crippen LogP contribution in [0.25, 0.3) is 0 Å². The maximum absolute atomic E-state index is 11.0. The summed E-state index contributed by atoms with van der Waals surface area (Å²) < 4.78 is 4.68. The molecular weight excluding hydrogens is 160 g/mol. The van der Waals surface area contributed by atoms with Gasteiger partial charge in [0, 0.05) is 6.92 Å². The van der Waals surface area contributed by atoms with Gasteiger partial charge in [-0.1, -0.05) is 0 Å². The minimum absolute atomic E-state index is 0.276. The molecule has 0 aliphatic heterocycles. The number of carbonyl (C=O) groups excluding carboxylic acids is 2. The van der Waals surface area contributed by atoms with Gasteiger partial charge in [0.15, 0.2) is 6.17 Å². The Labute approximate surface area is 71.5 Å². The zero-order valence-corrected chi connectivity index (χ0v) is 7.51. The fraction of sp³-hybridized carbons (Fsp3) is 0.714. The molecule has 0 aliphatic rings. The molecule has 0 aromatic heterocycles. The van der Waals surface area contributed by atoms with Gasteiger partial charge in [-0.05, 0) is 14.0 Å². The van der Waals surface area contributed by atoms with E-state index in [0.29, 0.717) is 6.61 Å². The predicted octanol–water partition coefficient (Wildman–Crippen LogP) is -0.769. The second-order valence-electron chi connectivity index (χ2n) is 2.17. The second kappa shape index (κ2) is 5.54. The van der Waals surface area contributed by atoms with E-state index < -0.39 is 12.1 Å². The molecule has 2 N–H and O–H groups in total. The van der Waals surface area contributed by atoms with Gasteiger partial charge in [0.2, 0.25) is 5.91 Å². The molecule has 0 rings (SSSR count). The number of nitrogens with one attached hydrogen (secondary N) is 2. The molecule has 0 bridgehead atoms. The number of hydrogen-bond acceptors (Lipinski definition) is 4. The number of amides is 1. The first-order valence-corrected chi connectivity index (χ1v) is 3.72. The molecule has 1 amide bonds. The first kappa shape index (κ1) is 10.9. The zero-order valence-electron chi connectivity index (χ0n) is 7.51. The number of rotatable bonds is 4. The Bertz CT molecular complexity index is 170. The van der Waals surface area contributed by atoms with Crippen molar-refractivity contribution in [1.82, 2.24) is 10.6 Å². The van der Waals surface area contributed by atoms with Gasteiger partial charge < -0.3 is 10.1 Å². The highest BCUT2D eigenvalue weighted by molar-refractivity contribution is 5.82. The van der Waals surface area contributed by atoms with Gasteiger partial charge in [-0.15, -0.1) is 0 Å². The summed E-state index contributed by atoms with van der Waals surface area (Å²) >= 11 is 0. The standard InChI is InChI=1S/C7H14N2O3/c1-4-12-7(11)6(8-3)9-5(2)10/h6,8H,4H2,1-3H3,(H,9,10). The second-order valence-corrected chi connectivity index (χ2v) is 2.17. The lowest BCUT2D eigenvalue weighted by Crippen LogP contribution is -2.49. The molecule has 5 heteroatoms. The molecule has 12 heavy (non-hydrogen) atoms. The third-order valence-electron chi connectivity index (χ3n) is 1.16. The first-order chi connectivity index (χ1) is 5.61. The van der Waals surface area contributed by atoms with Crippen LogP contribution in [-0.2, 0) is 14.3 Å². The van der Waals surface area contributed by atoms with Crippen molar-refractivity contribution in [2.24, 2.45) is 0 Å². The Morgan fingerprint density at radius 3 is 2.42 bits per heavy atom. The number of carbonyl (C=O) groups is 2. The van der Waals surface area contributed by atoms with E-state index in [4.69, 9.17) is 0 Å². The quantitative estimate of drug-likeness (QED) is 0.434. The number of ether oxygens (including phenoxy) is 1. The van der Waals surface area contributed by atoms with Crippen LogP contribution in [0.5, 0.6) is 0 Å². The summed E-state index contributed by atoms with van der Waals surface area (Å²) in [4.78, 5) is 21.6. The van der Waals surface area contributed by atoms with Gasteiger partial charge >= 0.3 is 5.97 Å². The number of esters is 1. The van der Waals surface area contributed by atoms with Crippen LogP contribution >= 0.6 is 0 Å². The van der Waals surface area contributed by atoms with Crippen LogP contribution < -0.4 is 10.6 Å². The minimum atomic E-state index is -0.748. The van der Waals surface area contributed by atoms with Crippen molar-refractivity contribution in [3.05, 3.63) is 0 Å². The van der Waals surface area contributed by atoms with Gasteiger partial charge in [0.25, 0.3) is 0 Å². The van der Waals surface area contributed by atoms with Gasteiger partial charge in [-0.2, -0.15) is 0 Å². The van der Waals surface area contributed by atoms with E-state index in [1.54, 1.807) is 14.0 Å². The highest BCUT2D eigenvalue weighted by Crippen LogP contribution is 1.84. The molecule has 70 valence electrons. The minimum Gasteiger partial charge on any atom is -0.463 e. The zero-order chi connectivity index (χ0) is 9.56. The van der Waals surface area contributed by atoms with E-state index in [2.05, 4.69) is 15.4 Å². The van der Waals surface area contributed by atoms with Crippen LogP contribution in [-0.4, -0.2) is 31.7 Å². The Balaban J connectivity index is 3.96. The molecule has 0 aromatic carbocycles. The highest BCUT2D eigenvalue weighted by atomic mass is 16.5. The van der Waals surface area contributed by atoms with E-state index in [0.717, 1.165) is 0 Å². The molecule has 0 radical (unpaired) electrons. The molecule has 0 aliphatic carbocycles. The van der Waals surface area contributed by atoms with Crippen LogP contribution in [0, 0.1) is 0 Å². The number of likely N-dealkylation sites (N-methyl/N-ethyl adjacent to an activating group) is 1. The van der Waals surface area contributed by atoms with E-state index in [9.17, 15) is 9.59 Å². The van der Waals surface area contributed by atoms with Crippen LogP contribution in [0.15, 0.2) is 0 Å². The molecule has 0 saturated carbocycles. The molecule has 1 unspecified atom stereocenters. The molecule has 0 saturated heterocycles.